The van der Waals surface area contributed by atoms with Gasteiger partial charge in [-0.05, 0) is 38.0 Å². The number of rotatable bonds is 7. The molecule has 146 valence electrons. The molecule has 2 atom stereocenters. The predicted octanol–water partition coefficient (Wildman–Crippen LogP) is 3.46. The number of alkyl halides is 2. The Morgan fingerprint density at radius 1 is 1.44 bits per heavy atom. The van der Waals surface area contributed by atoms with E-state index in [1.807, 2.05) is 24.7 Å². The van der Waals surface area contributed by atoms with Gasteiger partial charge < -0.3 is 14.8 Å². The minimum atomic E-state index is -2.88. The summed E-state index contributed by atoms with van der Waals surface area (Å²) in [4.78, 5) is 12.6. The molecule has 6 nitrogen and oxygen atoms in total. The number of carbonyl (C=O) groups excluding carboxylic acids is 1. The van der Waals surface area contributed by atoms with Crippen molar-refractivity contribution in [2.45, 2.75) is 45.6 Å². The van der Waals surface area contributed by atoms with Crippen LogP contribution in [0.5, 0.6) is 5.75 Å². The van der Waals surface area contributed by atoms with Crippen molar-refractivity contribution in [3.05, 3.63) is 47.8 Å². The molecule has 27 heavy (non-hydrogen) atoms. The van der Waals surface area contributed by atoms with Crippen LogP contribution in [0.15, 0.2) is 36.7 Å². The highest BCUT2D eigenvalue weighted by Gasteiger charge is 2.36. The zero-order chi connectivity index (χ0) is 19.4. The number of nitrogens with one attached hydrogen (secondary N) is 1. The van der Waals surface area contributed by atoms with Gasteiger partial charge in [0.05, 0.1) is 18.2 Å². The molecule has 3 rings (SSSR count). The average Bonchev–Trinajstić information content (AvgIpc) is 3.28. The number of ether oxygens (including phenoxy) is 2. The third-order valence-electron chi connectivity index (χ3n) is 4.50. The Kier molecular flexibility index (Phi) is 6.05. The summed E-state index contributed by atoms with van der Waals surface area (Å²) in [5.41, 5.74) is 1.57. The highest BCUT2D eigenvalue weighted by atomic mass is 19.3. The first-order valence-electron chi connectivity index (χ1n) is 8.91. The molecular weight excluding hydrogens is 356 g/mol. The highest BCUT2D eigenvalue weighted by Crippen LogP contribution is 2.34. The van der Waals surface area contributed by atoms with E-state index in [2.05, 4.69) is 15.2 Å². The van der Waals surface area contributed by atoms with E-state index in [0.29, 0.717) is 18.6 Å². The van der Waals surface area contributed by atoms with Gasteiger partial charge in [0.15, 0.2) is 0 Å². The summed E-state index contributed by atoms with van der Waals surface area (Å²) < 4.78 is 36.6. The van der Waals surface area contributed by atoms with Crippen LogP contribution in [0.25, 0.3) is 0 Å². The highest BCUT2D eigenvalue weighted by molar-refractivity contribution is 5.79. The van der Waals surface area contributed by atoms with Gasteiger partial charge in [-0.15, -0.1) is 0 Å². The molecule has 1 saturated heterocycles. The molecule has 1 amide bonds. The second-order valence-corrected chi connectivity index (χ2v) is 6.78. The fourth-order valence-corrected chi connectivity index (χ4v) is 3.12. The van der Waals surface area contributed by atoms with Crippen molar-refractivity contribution in [3.8, 4) is 5.75 Å². The predicted molar refractivity (Wildman–Crippen MR) is 94.3 cm³/mol. The summed E-state index contributed by atoms with van der Waals surface area (Å²) >= 11 is 0. The molecule has 1 aliphatic heterocycles. The van der Waals surface area contributed by atoms with Crippen LogP contribution in [-0.2, 0) is 16.1 Å². The SMILES string of the molecule is CC(C)n1cc([C@H]2OCC[C@@H]2C(=O)NCc2cccc(OC(F)F)c2)cn1. The Balaban J connectivity index is 1.61. The molecule has 0 bridgehead atoms. The van der Waals surface area contributed by atoms with Gasteiger partial charge in [-0.2, -0.15) is 13.9 Å². The maximum absolute atomic E-state index is 12.6. The molecule has 0 aliphatic carbocycles. The summed E-state index contributed by atoms with van der Waals surface area (Å²) in [5.74, 6) is -0.370. The van der Waals surface area contributed by atoms with Gasteiger partial charge in [0.1, 0.15) is 5.75 Å². The number of hydrogen-bond acceptors (Lipinski definition) is 4. The lowest BCUT2D eigenvalue weighted by atomic mass is 9.96. The van der Waals surface area contributed by atoms with Gasteiger partial charge in [0, 0.05) is 31.0 Å². The van der Waals surface area contributed by atoms with Crippen molar-refractivity contribution in [1.29, 1.82) is 0 Å². The standard InChI is InChI=1S/C19H23F2N3O3/c1-12(2)24-11-14(10-23-24)17-16(6-7-26-17)18(25)22-9-13-4-3-5-15(8-13)27-19(20)21/h3-5,8,10-12,16-17,19H,6-7,9H2,1-2H3,(H,22,25)/t16-,17+/m0/s1. The third kappa shape index (κ3) is 4.82. The Labute approximate surface area is 156 Å². The van der Waals surface area contributed by atoms with E-state index >= 15 is 0 Å². The van der Waals surface area contributed by atoms with Crippen molar-refractivity contribution >= 4 is 5.91 Å². The second kappa shape index (κ2) is 8.47. The van der Waals surface area contributed by atoms with Crippen LogP contribution in [-0.4, -0.2) is 28.9 Å². The normalized spacial score (nSPS) is 19.6. The number of carbonyl (C=O) groups is 1. The summed E-state index contributed by atoms with van der Waals surface area (Å²) in [5, 5.41) is 7.17. The van der Waals surface area contributed by atoms with Crippen molar-refractivity contribution in [1.82, 2.24) is 15.1 Å². The minimum absolute atomic E-state index is 0.0694. The summed E-state index contributed by atoms with van der Waals surface area (Å²) in [6.07, 6.45) is 3.94. The van der Waals surface area contributed by atoms with Crippen LogP contribution in [0, 0.1) is 5.92 Å². The molecule has 0 spiro atoms. The quantitative estimate of drug-likeness (QED) is 0.800. The number of amides is 1. The van der Waals surface area contributed by atoms with Crippen molar-refractivity contribution in [2.24, 2.45) is 5.92 Å². The summed E-state index contributed by atoms with van der Waals surface area (Å²) in [6, 6.07) is 6.52. The number of halogens is 2. The number of hydrogen-bond donors (Lipinski definition) is 1. The Morgan fingerprint density at radius 2 is 2.26 bits per heavy atom. The maximum Gasteiger partial charge on any atom is 0.387 e. The van der Waals surface area contributed by atoms with Crippen LogP contribution in [0.1, 0.15) is 43.5 Å². The van der Waals surface area contributed by atoms with E-state index in [9.17, 15) is 13.6 Å². The molecule has 0 radical (unpaired) electrons. The fourth-order valence-electron chi connectivity index (χ4n) is 3.12. The molecule has 1 N–H and O–H groups in total. The van der Waals surface area contributed by atoms with Crippen molar-refractivity contribution < 1.29 is 23.0 Å². The van der Waals surface area contributed by atoms with Gasteiger partial charge in [-0.25, -0.2) is 0 Å². The lowest BCUT2D eigenvalue weighted by Gasteiger charge is -2.17. The largest absolute Gasteiger partial charge is 0.435 e. The first-order chi connectivity index (χ1) is 12.9. The summed E-state index contributed by atoms with van der Waals surface area (Å²) in [7, 11) is 0. The topological polar surface area (TPSA) is 65.4 Å². The van der Waals surface area contributed by atoms with Gasteiger partial charge in [-0.1, -0.05) is 12.1 Å². The van der Waals surface area contributed by atoms with Crippen LogP contribution < -0.4 is 10.1 Å². The zero-order valence-electron chi connectivity index (χ0n) is 15.3. The van der Waals surface area contributed by atoms with Crippen molar-refractivity contribution in [2.75, 3.05) is 6.61 Å². The van der Waals surface area contributed by atoms with Crippen LogP contribution in [0.2, 0.25) is 0 Å². The van der Waals surface area contributed by atoms with E-state index in [1.54, 1.807) is 18.3 Å². The first-order valence-corrected chi connectivity index (χ1v) is 8.91. The Morgan fingerprint density at radius 3 is 2.96 bits per heavy atom. The lowest BCUT2D eigenvalue weighted by Crippen LogP contribution is -2.31. The number of aromatic nitrogens is 2. The maximum atomic E-state index is 12.6. The molecule has 1 aromatic carbocycles. The Bertz CT molecular complexity index is 779. The van der Waals surface area contributed by atoms with E-state index in [-0.39, 0.29) is 36.3 Å². The monoisotopic (exact) mass is 379 g/mol. The second-order valence-electron chi connectivity index (χ2n) is 6.78. The molecule has 2 heterocycles. The van der Waals surface area contributed by atoms with Crippen LogP contribution in [0.3, 0.4) is 0 Å². The molecular formula is C19H23F2N3O3. The Hall–Kier alpha value is -2.48. The number of nitrogens with zero attached hydrogens (tertiary/aromatic N) is 2. The third-order valence-corrected chi connectivity index (χ3v) is 4.50. The van der Waals surface area contributed by atoms with Crippen LogP contribution >= 0.6 is 0 Å². The van der Waals surface area contributed by atoms with E-state index in [0.717, 1.165) is 5.56 Å². The van der Waals surface area contributed by atoms with E-state index in [4.69, 9.17) is 4.74 Å². The van der Waals surface area contributed by atoms with E-state index in [1.165, 1.54) is 12.1 Å². The molecule has 0 unspecified atom stereocenters. The fraction of sp³-hybridized carbons (Fsp3) is 0.474. The van der Waals surface area contributed by atoms with Crippen LogP contribution in [0.4, 0.5) is 8.78 Å². The smallest absolute Gasteiger partial charge is 0.387 e. The average molecular weight is 379 g/mol. The first kappa shape index (κ1) is 19.3. The van der Waals surface area contributed by atoms with Gasteiger partial charge in [0.2, 0.25) is 5.91 Å². The minimum Gasteiger partial charge on any atom is -0.435 e. The molecule has 1 aromatic heterocycles. The van der Waals surface area contributed by atoms with Gasteiger partial charge >= 0.3 is 6.61 Å². The van der Waals surface area contributed by atoms with Gasteiger partial charge in [-0.3, -0.25) is 9.48 Å². The van der Waals surface area contributed by atoms with E-state index < -0.39 is 6.61 Å². The van der Waals surface area contributed by atoms with Gasteiger partial charge in [0.25, 0.3) is 0 Å². The molecule has 8 heteroatoms. The zero-order valence-corrected chi connectivity index (χ0v) is 15.3. The molecule has 0 saturated carbocycles. The molecule has 1 fully saturated rings. The molecule has 2 aromatic rings. The van der Waals surface area contributed by atoms with Crippen molar-refractivity contribution in [3.63, 3.8) is 0 Å². The lowest BCUT2D eigenvalue weighted by molar-refractivity contribution is -0.127. The summed E-state index contributed by atoms with van der Waals surface area (Å²) in [6.45, 7) is 1.92. The molecule has 1 aliphatic rings. The number of benzene rings is 1.